The molecule has 9 heteroatoms. The Morgan fingerprint density at radius 2 is 1.56 bits per heavy atom. The van der Waals surface area contributed by atoms with Crippen molar-refractivity contribution in [1.82, 2.24) is 15.3 Å². The Balaban J connectivity index is 0.000000267. The molecule has 0 fully saturated rings. The average Bonchev–Trinajstić information content (AvgIpc) is 2.97. The second-order valence-electron chi connectivity index (χ2n) is 8.54. The van der Waals surface area contributed by atoms with Gasteiger partial charge in [0.15, 0.2) is 0 Å². The minimum atomic E-state index is -0.0512. The molecule has 3 N–H and O–H groups in total. The van der Waals surface area contributed by atoms with Crippen molar-refractivity contribution in [2.45, 2.75) is 19.8 Å². The van der Waals surface area contributed by atoms with Crippen LogP contribution in [0.3, 0.4) is 0 Å². The van der Waals surface area contributed by atoms with Gasteiger partial charge in [0.2, 0.25) is 0 Å². The van der Waals surface area contributed by atoms with Crippen molar-refractivity contribution in [3.8, 4) is 34.0 Å². The Morgan fingerprint density at radius 1 is 0.846 bits per heavy atom. The summed E-state index contributed by atoms with van der Waals surface area (Å²) < 4.78 is 10.5. The van der Waals surface area contributed by atoms with Crippen LogP contribution in [0.5, 0.6) is 11.5 Å². The second kappa shape index (κ2) is 16.0. The van der Waals surface area contributed by atoms with Gasteiger partial charge in [-0.2, -0.15) is 0 Å². The molecule has 2 heterocycles. The molecular formula is C30H34N4O4Pt. The van der Waals surface area contributed by atoms with Crippen molar-refractivity contribution >= 4 is 5.69 Å². The number of aliphatic hydroxyl groups is 2. The minimum Gasteiger partial charge on any atom is -0.540 e. The maximum Gasteiger partial charge on any atom is 2.00 e. The van der Waals surface area contributed by atoms with Crippen molar-refractivity contribution < 1.29 is 40.8 Å². The molecule has 2 aromatic heterocycles. The first-order valence-corrected chi connectivity index (χ1v) is 12.1. The number of nitrogens with one attached hydrogen (secondary N) is 1. The molecule has 2 aromatic carbocycles. The van der Waals surface area contributed by atoms with Crippen LogP contribution in [-0.2, 0) is 40.8 Å². The van der Waals surface area contributed by atoms with Crippen LogP contribution in [0.1, 0.15) is 16.7 Å². The fourth-order valence-corrected chi connectivity index (χ4v) is 3.72. The fourth-order valence-electron chi connectivity index (χ4n) is 3.72. The Hall–Kier alpha value is -3.29. The topological polar surface area (TPSA) is 100.0 Å². The zero-order chi connectivity index (χ0) is 27.5. The van der Waals surface area contributed by atoms with Gasteiger partial charge in [0, 0.05) is 56.8 Å². The largest absolute Gasteiger partial charge is 2.00 e. The summed E-state index contributed by atoms with van der Waals surface area (Å²) in [6, 6.07) is 21.3. The smallest absolute Gasteiger partial charge is 0.540 e. The SMILES string of the molecule is CNCc1ccnc(-c2[c-]c(OC)ccc2CO)c1.COc1ccc(CO)[c-]c1-c1cc(N(C)C)ccn1.[Pt+2]. The number of aromatic nitrogens is 2. The van der Waals surface area contributed by atoms with Crippen LogP contribution in [0.15, 0.2) is 60.9 Å². The van der Waals surface area contributed by atoms with Gasteiger partial charge in [0.05, 0.1) is 20.8 Å². The van der Waals surface area contributed by atoms with E-state index in [2.05, 4.69) is 27.4 Å². The van der Waals surface area contributed by atoms with E-state index in [-0.39, 0.29) is 34.3 Å². The number of hydrogen-bond donors (Lipinski definition) is 3. The van der Waals surface area contributed by atoms with Crippen LogP contribution in [0.2, 0.25) is 0 Å². The third-order valence-corrected chi connectivity index (χ3v) is 5.73. The first-order chi connectivity index (χ1) is 18.4. The first-order valence-electron chi connectivity index (χ1n) is 12.1. The van der Waals surface area contributed by atoms with Crippen LogP contribution >= 0.6 is 0 Å². The number of anilines is 1. The van der Waals surface area contributed by atoms with Crippen LogP contribution in [0, 0.1) is 12.1 Å². The summed E-state index contributed by atoms with van der Waals surface area (Å²) in [5.41, 5.74) is 6.79. The van der Waals surface area contributed by atoms with E-state index in [4.69, 9.17) is 9.47 Å². The molecular weight excluding hydrogens is 675 g/mol. The third-order valence-electron chi connectivity index (χ3n) is 5.73. The van der Waals surface area contributed by atoms with Crippen LogP contribution in [0.4, 0.5) is 5.69 Å². The summed E-state index contributed by atoms with van der Waals surface area (Å²) in [6.45, 7) is 0.673. The molecule has 208 valence electrons. The van der Waals surface area contributed by atoms with Gasteiger partial charge in [-0.3, -0.25) is 0 Å². The van der Waals surface area contributed by atoms with Gasteiger partial charge in [-0.05, 0) is 36.1 Å². The molecule has 0 unspecified atom stereocenters. The standard InChI is InChI=1S/2C15H17N2O2.Pt/c1-17(2)12-6-7-16-14(9-12)13-8-11(10-18)4-5-15(13)19-3;1-16-9-11-5-6-17-15(7-11)14-8-13(19-2)4-3-12(14)10-18;/h4-7,9,18H,10H2,1-3H3;3-7,16,18H,9-10H2,1-2H3;/q2*-1;+2. The van der Waals surface area contributed by atoms with Gasteiger partial charge in [0.1, 0.15) is 0 Å². The molecule has 0 radical (unpaired) electrons. The summed E-state index contributed by atoms with van der Waals surface area (Å²) in [5, 5.41) is 21.7. The van der Waals surface area contributed by atoms with Gasteiger partial charge in [0.25, 0.3) is 0 Å². The summed E-state index contributed by atoms with van der Waals surface area (Å²) in [4.78, 5) is 10.7. The predicted octanol–water partition coefficient (Wildman–Crippen LogP) is 3.88. The van der Waals surface area contributed by atoms with E-state index in [1.807, 2.05) is 62.4 Å². The molecule has 8 nitrogen and oxygen atoms in total. The first kappa shape index (κ1) is 31.9. The Morgan fingerprint density at radius 3 is 2.18 bits per heavy atom. The molecule has 0 aliphatic carbocycles. The number of nitrogens with zero attached hydrogens (tertiary/aromatic N) is 3. The monoisotopic (exact) mass is 709 g/mol. The molecule has 0 aliphatic rings. The van der Waals surface area contributed by atoms with Crippen LogP contribution in [0.25, 0.3) is 22.5 Å². The second-order valence-corrected chi connectivity index (χ2v) is 8.54. The predicted molar refractivity (Wildman–Crippen MR) is 149 cm³/mol. The van der Waals surface area contributed by atoms with Gasteiger partial charge >= 0.3 is 21.1 Å². The molecule has 0 atom stereocenters. The zero-order valence-corrected chi connectivity index (χ0v) is 25.0. The van der Waals surface area contributed by atoms with E-state index < -0.39 is 0 Å². The van der Waals surface area contributed by atoms with Crippen molar-refractivity contribution in [2.75, 3.05) is 40.3 Å². The van der Waals surface area contributed by atoms with E-state index in [9.17, 15) is 10.2 Å². The van der Waals surface area contributed by atoms with E-state index >= 15 is 0 Å². The number of hydrogen-bond acceptors (Lipinski definition) is 8. The van der Waals surface area contributed by atoms with Gasteiger partial charge in [-0.1, -0.05) is 23.8 Å². The van der Waals surface area contributed by atoms with Crippen molar-refractivity contribution in [3.63, 3.8) is 0 Å². The molecule has 0 aliphatic heterocycles. The molecule has 0 spiro atoms. The maximum absolute atomic E-state index is 9.42. The minimum absolute atomic E-state index is 0. The van der Waals surface area contributed by atoms with Crippen LogP contribution < -0.4 is 19.7 Å². The summed E-state index contributed by atoms with van der Waals surface area (Å²) in [7, 11) is 9.06. The molecule has 0 amide bonds. The quantitative estimate of drug-likeness (QED) is 0.226. The molecule has 4 aromatic rings. The van der Waals surface area contributed by atoms with Crippen molar-refractivity contribution in [2.24, 2.45) is 0 Å². The van der Waals surface area contributed by atoms with E-state index in [1.54, 1.807) is 38.7 Å². The summed E-state index contributed by atoms with van der Waals surface area (Å²) >= 11 is 0. The number of aliphatic hydroxyl groups excluding tert-OH is 2. The molecule has 0 saturated carbocycles. The van der Waals surface area contributed by atoms with Gasteiger partial charge in [-0.25, -0.2) is 0 Å². The van der Waals surface area contributed by atoms with E-state index in [1.165, 1.54) is 0 Å². The average molecular weight is 710 g/mol. The van der Waals surface area contributed by atoms with Gasteiger partial charge < -0.3 is 39.9 Å². The van der Waals surface area contributed by atoms with E-state index in [0.29, 0.717) is 17.1 Å². The summed E-state index contributed by atoms with van der Waals surface area (Å²) in [5.74, 6) is 1.33. The van der Waals surface area contributed by atoms with Crippen LogP contribution in [-0.4, -0.2) is 55.5 Å². The molecule has 0 bridgehead atoms. The van der Waals surface area contributed by atoms with Crippen molar-refractivity contribution in [3.05, 3.63) is 89.7 Å². The number of pyridine rings is 2. The third kappa shape index (κ3) is 8.60. The van der Waals surface area contributed by atoms with Gasteiger partial charge in [-0.15, -0.1) is 47.0 Å². The zero-order valence-electron chi connectivity index (χ0n) is 22.8. The normalized spacial score (nSPS) is 10.1. The Bertz CT molecular complexity index is 1330. The maximum atomic E-state index is 9.42. The number of ether oxygens (including phenoxy) is 2. The Labute approximate surface area is 244 Å². The molecule has 39 heavy (non-hydrogen) atoms. The van der Waals surface area contributed by atoms with Crippen molar-refractivity contribution in [1.29, 1.82) is 0 Å². The van der Waals surface area contributed by atoms with E-state index in [0.717, 1.165) is 45.9 Å². The number of methoxy groups -OCH3 is 2. The molecule has 4 rings (SSSR count). The number of benzene rings is 2. The summed E-state index contributed by atoms with van der Waals surface area (Å²) in [6.07, 6.45) is 3.51. The molecule has 0 saturated heterocycles. The number of rotatable bonds is 9. The fraction of sp³-hybridized carbons (Fsp3) is 0.267. The Kier molecular flexibility index (Phi) is 13.1.